The minimum atomic E-state index is -3.76. The summed E-state index contributed by atoms with van der Waals surface area (Å²) in [5.74, 6) is -0.0113. The van der Waals surface area contributed by atoms with E-state index in [-0.39, 0.29) is 22.6 Å². The van der Waals surface area contributed by atoms with Crippen molar-refractivity contribution >= 4 is 38.5 Å². The van der Waals surface area contributed by atoms with Crippen LogP contribution in [0, 0.1) is 0 Å². The van der Waals surface area contributed by atoms with Gasteiger partial charge in [0.2, 0.25) is 5.91 Å². The molecular formula is C22H27N3O3S2. The SMILES string of the molecule is CCCN1C(SCC(=O)NC(C)CCc2ccccc2)=NS(=O)(=O)c2ccccc21. The number of benzene rings is 2. The Labute approximate surface area is 182 Å². The van der Waals surface area contributed by atoms with Crippen LogP contribution in [-0.2, 0) is 21.2 Å². The molecule has 30 heavy (non-hydrogen) atoms. The highest BCUT2D eigenvalue weighted by Crippen LogP contribution is 2.34. The zero-order valence-electron chi connectivity index (χ0n) is 17.2. The van der Waals surface area contributed by atoms with Gasteiger partial charge in [-0.25, -0.2) is 0 Å². The van der Waals surface area contributed by atoms with Gasteiger partial charge < -0.3 is 10.2 Å². The molecule has 8 heteroatoms. The van der Waals surface area contributed by atoms with Gasteiger partial charge in [0.15, 0.2) is 5.17 Å². The molecule has 0 saturated heterocycles. The zero-order valence-corrected chi connectivity index (χ0v) is 18.9. The Hall–Kier alpha value is -2.32. The second kappa shape index (κ2) is 10.1. The van der Waals surface area contributed by atoms with Crippen LogP contribution in [0.1, 0.15) is 32.3 Å². The molecule has 1 aliphatic rings. The van der Waals surface area contributed by atoms with E-state index in [1.54, 1.807) is 18.2 Å². The maximum absolute atomic E-state index is 12.5. The van der Waals surface area contributed by atoms with Crippen LogP contribution in [-0.4, -0.2) is 37.8 Å². The molecule has 3 rings (SSSR count). The molecule has 0 aromatic heterocycles. The fraction of sp³-hybridized carbons (Fsp3) is 0.364. The summed E-state index contributed by atoms with van der Waals surface area (Å²) in [6.07, 6.45) is 2.56. The van der Waals surface area contributed by atoms with E-state index in [4.69, 9.17) is 0 Å². The third kappa shape index (κ3) is 5.64. The van der Waals surface area contributed by atoms with Crippen LogP contribution in [0.2, 0.25) is 0 Å². The average molecular weight is 446 g/mol. The zero-order chi connectivity index (χ0) is 21.6. The van der Waals surface area contributed by atoms with Gasteiger partial charge in [-0.15, -0.1) is 4.40 Å². The fourth-order valence-corrected chi connectivity index (χ4v) is 5.58. The lowest BCUT2D eigenvalue weighted by Gasteiger charge is -2.30. The number of amidine groups is 1. The quantitative estimate of drug-likeness (QED) is 0.668. The summed E-state index contributed by atoms with van der Waals surface area (Å²) in [6.45, 7) is 4.64. The molecule has 1 N–H and O–H groups in total. The lowest BCUT2D eigenvalue weighted by atomic mass is 10.1. The van der Waals surface area contributed by atoms with Crippen LogP contribution in [0.15, 0.2) is 63.9 Å². The fourth-order valence-electron chi connectivity index (χ4n) is 3.29. The summed E-state index contributed by atoms with van der Waals surface area (Å²) in [5, 5.41) is 3.34. The Morgan fingerprint density at radius 2 is 1.83 bits per heavy atom. The molecule has 160 valence electrons. The lowest BCUT2D eigenvalue weighted by Crippen LogP contribution is -2.37. The Balaban J connectivity index is 1.59. The minimum Gasteiger partial charge on any atom is -0.353 e. The molecule has 2 aromatic carbocycles. The minimum absolute atomic E-state index is 0.0304. The van der Waals surface area contributed by atoms with E-state index in [0.29, 0.717) is 17.4 Å². The van der Waals surface area contributed by atoms with Crippen molar-refractivity contribution in [3.8, 4) is 0 Å². The van der Waals surface area contributed by atoms with Crippen LogP contribution in [0.4, 0.5) is 5.69 Å². The Kier molecular flexibility index (Phi) is 7.55. The molecule has 6 nitrogen and oxygen atoms in total. The molecular weight excluding hydrogens is 418 g/mol. The van der Waals surface area contributed by atoms with Crippen molar-refractivity contribution in [2.75, 3.05) is 17.2 Å². The molecule has 0 saturated carbocycles. The molecule has 1 heterocycles. The number of hydrogen-bond donors (Lipinski definition) is 1. The number of thioether (sulfide) groups is 1. The van der Waals surface area contributed by atoms with E-state index in [9.17, 15) is 13.2 Å². The van der Waals surface area contributed by atoms with E-state index in [0.717, 1.165) is 31.0 Å². The second-order valence-corrected chi connectivity index (χ2v) is 9.76. The van der Waals surface area contributed by atoms with Gasteiger partial charge in [0.25, 0.3) is 10.0 Å². The maximum Gasteiger partial charge on any atom is 0.286 e. The number of carbonyl (C=O) groups excluding carboxylic acids is 1. The molecule has 1 amide bonds. The molecule has 2 aromatic rings. The van der Waals surface area contributed by atoms with E-state index in [1.807, 2.05) is 43.0 Å². The highest BCUT2D eigenvalue weighted by Gasteiger charge is 2.30. The summed E-state index contributed by atoms with van der Waals surface area (Å²) in [5.41, 5.74) is 1.86. The van der Waals surface area contributed by atoms with E-state index < -0.39 is 10.0 Å². The van der Waals surface area contributed by atoms with Crippen LogP contribution in [0.5, 0.6) is 0 Å². The van der Waals surface area contributed by atoms with Gasteiger partial charge in [-0.05, 0) is 43.9 Å². The van der Waals surface area contributed by atoms with Crippen LogP contribution < -0.4 is 10.2 Å². The number of aryl methyl sites for hydroxylation is 1. The van der Waals surface area contributed by atoms with Gasteiger partial charge in [-0.2, -0.15) is 8.42 Å². The summed E-state index contributed by atoms with van der Waals surface area (Å²) in [7, 11) is -3.76. The number of amides is 1. The van der Waals surface area contributed by atoms with E-state index >= 15 is 0 Å². The number of hydrogen-bond acceptors (Lipinski definition) is 5. The molecule has 0 aliphatic carbocycles. The molecule has 0 bridgehead atoms. The van der Waals surface area contributed by atoms with E-state index in [2.05, 4.69) is 21.8 Å². The van der Waals surface area contributed by atoms with Crippen LogP contribution >= 0.6 is 11.8 Å². The standard InChI is InChI=1S/C22H27N3O3S2/c1-3-15-25-19-11-7-8-12-20(19)30(27,28)24-22(25)29-16-21(26)23-17(2)13-14-18-9-5-4-6-10-18/h4-12,17H,3,13-16H2,1-2H3,(H,23,26). The topological polar surface area (TPSA) is 78.8 Å². The number of para-hydroxylation sites is 1. The third-order valence-corrected chi connectivity index (χ3v) is 7.17. The van der Waals surface area contributed by atoms with Crippen molar-refractivity contribution in [3.05, 3.63) is 60.2 Å². The summed E-state index contributed by atoms with van der Waals surface area (Å²) >= 11 is 1.16. The lowest BCUT2D eigenvalue weighted by molar-refractivity contribution is -0.119. The second-order valence-electron chi connectivity index (χ2n) is 7.25. The van der Waals surface area contributed by atoms with Crippen molar-refractivity contribution in [3.63, 3.8) is 0 Å². The van der Waals surface area contributed by atoms with Gasteiger partial charge >= 0.3 is 0 Å². The maximum atomic E-state index is 12.5. The molecule has 1 unspecified atom stereocenters. The van der Waals surface area contributed by atoms with Crippen molar-refractivity contribution in [1.29, 1.82) is 0 Å². The van der Waals surface area contributed by atoms with Crippen molar-refractivity contribution in [2.45, 2.75) is 44.0 Å². The van der Waals surface area contributed by atoms with Gasteiger partial charge in [-0.1, -0.05) is 61.2 Å². The number of carbonyl (C=O) groups is 1. The predicted molar refractivity (Wildman–Crippen MR) is 124 cm³/mol. The largest absolute Gasteiger partial charge is 0.353 e. The first-order chi connectivity index (χ1) is 14.4. The number of rotatable bonds is 8. The normalized spacial score (nSPS) is 15.8. The summed E-state index contributed by atoms with van der Waals surface area (Å²) < 4.78 is 29.1. The van der Waals surface area contributed by atoms with Crippen LogP contribution in [0.3, 0.4) is 0 Å². The van der Waals surface area contributed by atoms with Gasteiger partial charge in [0, 0.05) is 12.6 Å². The molecule has 0 spiro atoms. The van der Waals surface area contributed by atoms with Crippen molar-refractivity contribution in [1.82, 2.24) is 5.32 Å². The van der Waals surface area contributed by atoms with E-state index in [1.165, 1.54) is 5.56 Å². The first kappa shape index (κ1) is 22.4. The number of nitrogens with zero attached hydrogens (tertiary/aromatic N) is 2. The summed E-state index contributed by atoms with van der Waals surface area (Å²) in [6, 6.07) is 17.0. The molecule has 0 radical (unpaired) electrons. The van der Waals surface area contributed by atoms with Gasteiger partial charge in [0.05, 0.1) is 11.4 Å². The smallest absolute Gasteiger partial charge is 0.286 e. The molecule has 1 aliphatic heterocycles. The van der Waals surface area contributed by atoms with Gasteiger partial charge in [0.1, 0.15) is 4.90 Å². The first-order valence-electron chi connectivity index (χ1n) is 10.1. The highest BCUT2D eigenvalue weighted by molar-refractivity contribution is 8.15. The number of nitrogens with one attached hydrogen (secondary N) is 1. The van der Waals surface area contributed by atoms with Gasteiger partial charge in [-0.3, -0.25) is 4.79 Å². The Morgan fingerprint density at radius 1 is 1.13 bits per heavy atom. The van der Waals surface area contributed by atoms with Crippen molar-refractivity contribution < 1.29 is 13.2 Å². The Bertz CT molecular complexity index is 1010. The first-order valence-corrected chi connectivity index (χ1v) is 12.5. The highest BCUT2D eigenvalue weighted by atomic mass is 32.2. The average Bonchev–Trinajstić information content (AvgIpc) is 2.74. The number of anilines is 1. The molecule has 0 fully saturated rings. The Morgan fingerprint density at radius 3 is 2.57 bits per heavy atom. The summed E-state index contributed by atoms with van der Waals surface area (Å²) in [4.78, 5) is 14.5. The van der Waals surface area contributed by atoms with Crippen molar-refractivity contribution in [2.24, 2.45) is 4.40 Å². The molecule has 1 atom stereocenters. The van der Waals surface area contributed by atoms with Crippen LogP contribution in [0.25, 0.3) is 0 Å². The monoisotopic (exact) mass is 445 g/mol. The third-order valence-electron chi connectivity index (χ3n) is 4.76. The predicted octanol–water partition coefficient (Wildman–Crippen LogP) is 3.83. The number of sulfonamides is 1. The number of fused-ring (bicyclic) bond motifs is 1.